The minimum atomic E-state index is 0.670. The van der Waals surface area contributed by atoms with E-state index in [1.807, 2.05) is 31.2 Å². The van der Waals surface area contributed by atoms with Crippen molar-refractivity contribution in [3.05, 3.63) is 39.9 Å². The van der Waals surface area contributed by atoms with Gasteiger partial charge in [0.2, 0.25) is 0 Å². The molecule has 0 aliphatic heterocycles. The molecular weight excluding hydrogens is 179 g/mol. The van der Waals surface area contributed by atoms with Crippen molar-refractivity contribution in [1.29, 1.82) is 0 Å². The van der Waals surface area contributed by atoms with E-state index >= 15 is 0 Å². The molecule has 11 heavy (non-hydrogen) atoms. The lowest BCUT2D eigenvalue weighted by Gasteiger charge is -1.96. The summed E-state index contributed by atoms with van der Waals surface area (Å²) in [6, 6.07) is 5.45. The molecule has 0 aromatic heterocycles. The molecule has 0 radical (unpaired) electrons. The summed E-state index contributed by atoms with van der Waals surface area (Å²) in [6.45, 7) is 1.95. The summed E-state index contributed by atoms with van der Waals surface area (Å²) in [6.07, 6.45) is 3.88. The Kier molecular flexibility index (Phi) is 2.98. The van der Waals surface area contributed by atoms with Crippen LogP contribution in [0, 0.1) is 0 Å². The van der Waals surface area contributed by atoms with Crippen LogP contribution in [-0.2, 0) is 0 Å². The van der Waals surface area contributed by atoms with Crippen LogP contribution in [-0.4, -0.2) is 0 Å². The second-order valence-electron chi connectivity index (χ2n) is 2.17. The molecule has 0 amide bonds. The minimum absolute atomic E-state index is 0.670. The molecule has 0 unspecified atom stereocenters. The van der Waals surface area contributed by atoms with Crippen LogP contribution in [0.15, 0.2) is 24.3 Å². The third-order valence-electron chi connectivity index (χ3n) is 1.31. The molecule has 0 N–H and O–H groups in total. The van der Waals surface area contributed by atoms with Crippen molar-refractivity contribution in [2.45, 2.75) is 6.92 Å². The van der Waals surface area contributed by atoms with E-state index in [1.54, 1.807) is 6.07 Å². The third-order valence-corrected chi connectivity index (χ3v) is 1.87. The summed E-state index contributed by atoms with van der Waals surface area (Å²) in [5.41, 5.74) is 0.999. The lowest BCUT2D eigenvalue weighted by atomic mass is 10.2. The molecule has 0 fully saturated rings. The highest BCUT2D eigenvalue weighted by Crippen LogP contribution is 2.21. The third kappa shape index (κ3) is 2.25. The first-order valence-electron chi connectivity index (χ1n) is 3.32. The van der Waals surface area contributed by atoms with Crippen molar-refractivity contribution >= 4 is 29.3 Å². The van der Waals surface area contributed by atoms with Crippen LogP contribution in [0.5, 0.6) is 0 Å². The van der Waals surface area contributed by atoms with Crippen molar-refractivity contribution < 1.29 is 0 Å². The predicted octanol–water partition coefficient (Wildman–Crippen LogP) is 4.03. The summed E-state index contributed by atoms with van der Waals surface area (Å²) < 4.78 is 0. The highest BCUT2D eigenvalue weighted by Gasteiger charge is 1.95. The Hall–Kier alpha value is -0.460. The number of benzene rings is 1. The molecule has 1 aromatic carbocycles. The van der Waals surface area contributed by atoms with Gasteiger partial charge in [-0.2, -0.15) is 0 Å². The number of allylic oxidation sites excluding steroid dienone is 1. The number of hydrogen-bond acceptors (Lipinski definition) is 0. The Morgan fingerprint density at radius 2 is 2.00 bits per heavy atom. The zero-order valence-corrected chi connectivity index (χ0v) is 7.65. The normalized spacial score (nSPS) is 10.8. The standard InChI is InChI=1S/C9H8Cl2/c1-2-3-7-4-5-8(10)6-9(7)11/h2-6H,1H3/b3-2-. The van der Waals surface area contributed by atoms with Gasteiger partial charge in [0.25, 0.3) is 0 Å². The van der Waals surface area contributed by atoms with Crippen molar-refractivity contribution in [2.75, 3.05) is 0 Å². The van der Waals surface area contributed by atoms with Gasteiger partial charge >= 0.3 is 0 Å². The maximum atomic E-state index is 5.87. The minimum Gasteiger partial charge on any atom is -0.0870 e. The molecule has 0 aliphatic rings. The van der Waals surface area contributed by atoms with Gasteiger partial charge in [-0.1, -0.05) is 41.4 Å². The summed E-state index contributed by atoms with van der Waals surface area (Å²) >= 11 is 11.6. The van der Waals surface area contributed by atoms with E-state index in [9.17, 15) is 0 Å². The molecule has 0 aliphatic carbocycles. The first-order valence-corrected chi connectivity index (χ1v) is 4.07. The Balaban J connectivity index is 3.09. The summed E-state index contributed by atoms with van der Waals surface area (Å²) in [4.78, 5) is 0. The Bertz CT molecular complexity index is 277. The van der Waals surface area contributed by atoms with Crippen LogP contribution < -0.4 is 0 Å². The van der Waals surface area contributed by atoms with Crippen LogP contribution in [0.3, 0.4) is 0 Å². The van der Waals surface area contributed by atoms with Gasteiger partial charge in [-0.05, 0) is 24.6 Å². The fourth-order valence-corrected chi connectivity index (χ4v) is 1.29. The van der Waals surface area contributed by atoms with E-state index in [0.29, 0.717) is 10.0 Å². The van der Waals surface area contributed by atoms with E-state index in [2.05, 4.69) is 0 Å². The average molecular weight is 187 g/mol. The maximum Gasteiger partial charge on any atom is 0.0493 e. The maximum absolute atomic E-state index is 5.87. The SMILES string of the molecule is C/C=C\c1ccc(Cl)cc1Cl. The first kappa shape index (κ1) is 8.63. The first-order chi connectivity index (χ1) is 5.24. The van der Waals surface area contributed by atoms with E-state index in [0.717, 1.165) is 5.56 Å². The number of halogens is 2. The monoisotopic (exact) mass is 186 g/mol. The lowest BCUT2D eigenvalue weighted by Crippen LogP contribution is -1.73. The van der Waals surface area contributed by atoms with Crippen molar-refractivity contribution in [3.8, 4) is 0 Å². The Labute approximate surface area is 76.4 Å². The quantitative estimate of drug-likeness (QED) is 0.622. The molecular formula is C9H8Cl2. The lowest BCUT2D eigenvalue weighted by molar-refractivity contribution is 1.64. The zero-order chi connectivity index (χ0) is 8.27. The Morgan fingerprint density at radius 3 is 2.55 bits per heavy atom. The molecule has 0 spiro atoms. The highest BCUT2D eigenvalue weighted by atomic mass is 35.5. The molecule has 0 saturated heterocycles. The van der Waals surface area contributed by atoms with Crippen molar-refractivity contribution in [1.82, 2.24) is 0 Å². The smallest absolute Gasteiger partial charge is 0.0493 e. The topological polar surface area (TPSA) is 0 Å². The van der Waals surface area contributed by atoms with Crippen LogP contribution in [0.4, 0.5) is 0 Å². The molecule has 0 saturated carbocycles. The van der Waals surface area contributed by atoms with Crippen LogP contribution >= 0.6 is 23.2 Å². The molecule has 0 heterocycles. The second-order valence-corrected chi connectivity index (χ2v) is 3.01. The van der Waals surface area contributed by atoms with Gasteiger partial charge in [0.15, 0.2) is 0 Å². The molecule has 1 aromatic rings. The average Bonchev–Trinajstić information content (AvgIpc) is 1.95. The largest absolute Gasteiger partial charge is 0.0870 e. The van der Waals surface area contributed by atoms with Crippen molar-refractivity contribution in [2.24, 2.45) is 0 Å². The molecule has 1 rings (SSSR count). The van der Waals surface area contributed by atoms with E-state index in [-0.39, 0.29) is 0 Å². The van der Waals surface area contributed by atoms with Gasteiger partial charge in [-0.3, -0.25) is 0 Å². The second kappa shape index (κ2) is 3.80. The van der Waals surface area contributed by atoms with E-state index < -0.39 is 0 Å². The van der Waals surface area contributed by atoms with Gasteiger partial charge in [-0.15, -0.1) is 0 Å². The fraction of sp³-hybridized carbons (Fsp3) is 0.111. The van der Waals surface area contributed by atoms with Gasteiger partial charge in [-0.25, -0.2) is 0 Å². The van der Waals surface area contributed by atoms with Crippen LogP contribution in [0.25, 0.3) is 6.08 Å². The zero-order valence-electron chi connectivity index (χ0n) is 6.14. The van der Waals surface area contributed by atoms with Crippen LogP contribution in [0.1, 0.15) is 12.5 Å². The van der Waals surface area contributed by atoms with E-state index in [4.69, 9.17) is 23.2 Å². The predicted molar refractivity (Wildman–Crippen MR) is 51.2 cm³/mol. The van der Waals surface area contributed by atoms with Gasteiger partial charge < -0.3 is 0 Å². The summed E-state index contributed by atoms with van der Waals surface area (Å²) in [5, 5.41) is 1.36. The van der Waals surface area contributed by atoms with Gasteiger partial charge in [0, 0.05) is 10.0 Å². The molecule has 2 heteroatoms. The van der Waals surface area contributed by atoms with Gasteiger partial charge in [0.05, 0.1) is 0 Å². The number of rotatable bonds is 1. The molecule has 58 valence electrons. The van der Waals surface area contributed by atoms with Gasteiger partial charge in [0.1, 0.15) is 0 Å². The summed E-state index contributed by atoms with van der Waals surface area (Å²) in [5.74, 6) is 0. The summed E-state index contributed by atoms with van der Waals surface area (Å²) in [7, 11) is 0. The molecule has 0 atom stereocenters. The van der Waals surface area contributed by atoms with Crippen LogP contribution in [0.2, 0.25) is 10.0 Å². The molecule has 0 nitrogen and oxygen atoms in total. The number of hydrogen-bond donors (Lipinski definition) is 0. The highest BCUT2D eigenvalue weighted by molar-refractivity contribution is 6.35. The fourth-order valence-electron chi connectivity index (χ4n) is 0.816. The van der Waals surface area contributed by atoms with E-state index in [1.165, 1.54) is 0 Å². The van der Waals surface area contributed by atoms with Crippen molar-refractivity contribution in [3.63, 3.8) is 0 Å². The Morgan fingerprint density at radius 1 is 1.27 bits per heavy atom. The molecule has 0 bridgehead atoms.